The zero-order chi connectivity index (χ0) is 12.8. The molecule has 0 bridgehead atoms. The highest BCUT2D eigenvalue weighted by molar-refractivity contribution is 5.39. The Labute approximate surface area is 107 Å². The molecule has 2 N–H and O–H groups in total. The van der Waals surface area contributed by atoms with Crippen LogP contribution in [0.25, 0.3) is 0 Å². The highest BCUT2D eigenvalue weighted by atomic mass is 16.5. The van der Waals surface area contributed by atoms with Gasteiger partial charge in [-0.25, -0.2) is 4.98 Å². The van der Waals surface area contributed by atoms with E-state index in [1.807, 2.05) is 13.0 Å². The van der Waals surface area contributed by atoms with Crippen molar-refractivity contribution in [2.45, 2.75) is 18.9 Å². The van der Waals surface area contributed by atoms with E-state index < -0.39 is 0 Å². The Kier molecular flexibility index (Phi) is 4.33. The van der Waals surface area contributed by atoms with Crippen molar-refractivity contribution in [1.29, 1.82) is 0 Å². The lowest BCUT2D eigenvalue weighted by Crippen LogP contribution is -2.39. The molecule has 0 spiro atoms. The predicted octanol–water partition coefficient (Wildman–Crippen LogP) is 1.13. The Bertz CT molecular complexity index is 380. The van der Waals surface area contributed by atoms with E-state index in [0.717, 1.165) is 25.4 Å². The fraction of sp³-hybridized carbons (Fsp3) is 0.667. The van der Waals surface area contributed by atoms with Crippen LogP contribution >= 0.6 is 0 Å². The fourth-order valence-electron chi connectivity index (χ4n) is 1.91. The minimum Gasteiger partial charge on any atom is -0.378 e. The van der Waals surface area contributed by atoms with Gasteiger partial charge in [0.15, 0.2) is 0 Å². The number of ether oxygens (including phenoxy) is 2. The van der Waals surface area contributed by atoms with E-state index in [0.29, 0.717) is 19.1 Å². The lowest BCUT2D eigenvalue weighted by molar-refractivity contribution is -0.00625. The van der Waals surface area contributed by atoms with Crippen LogP contribution < -0.4 is 10.6 Å². The van der Waals surface area contributed by atoms with Crippen LogP contribution in [0, 0.1) is 0 Å². The molecule has 2 heterocycles. The van der Waals surface area contributed by atoms with Crippen molar-refractivity contribution in [3.63, 3.8) is 0 Å². The number of hydrogen-bond donors (Lipinski definition) is 2. The molecular formula is C12H20N4O2. The Morgan fingerprint density at radius 3 is 3.06 bits per heavy atom. The van der Waals surface area contributed by atoms with Crippen molar-refractivity contribution in [2.75, 3.05) is 44.0 Å². The van der Waals surface area contributed by atoms with Gasteiger partial charge in [0.25, 0.3) is 0 Å². The average molecular weight is 252 g/mol. The van der Waals surface area contributed by atoms with Crippen molar-refractivity contribution >= 4 is 11.8 Å². The van der Waals surface area contributed by atoms with Crippen molar-refractivity contribution in [3.05, 3.63) is 12.3 Å². The number of aromatic nitrogens is 2. The van der Waals surface area contributed by atoms with Gasteiger partial charge in [0.1, 0.15) is 11.4 Å². The Hall–Kier alpha value is -1.40. The average Bonchev–Trinajstić information content (AvgIpc) is 2.87. The first kappa shape index (κ1) is 13.0. The first-order chi connectivity index (χ1) is 8.78. The van der Waals surface area contributed by atoms with Crippen LogP contribution in [-0.2, 0) is 9.47 Å². The first-order valence-corrected chi connectivity index (χ1v) is 6.22. The molecule has 0 saturated carbocycles. The van der Waals surface area contributed by atoms with Crippen molar-refractivity contribution in [1.82, 2.24) is 9.97 Å². The molecule has 1 saturated heterocycles. The molecule has 1 aromatic rings. The molecule has 1 aromatic heterocycles. The summed E-state index contributed by atoms with van der Waals surface area (Å²) in [6, 6.07) is 1.85. The summed E-state index contributed by atoms with van der Waals surface area (Å²) >= 11 is 0. The normalized spacial score (nSPS) is 23.0. The van der Waals surface area contributed by atoms with Gasteiger partial charge >= 0.3 is 0 Å². The maximum atomic E-state index is 5.55. The zero-order valence-corrected chi connectivity index (χ0v) is 10.9. The number of rotatable bonds is 6. The maximum Gasteiger partial charge on any atom is 0.224 e. The summed E-state index contributed by atoms with van der Waals surface area (Å²) in [5.74, 6) is 1.43. The number of nitrogens with one attached hydrogen (secondary N) is 2. The zero-order valence-electron chi connectivity index (χ0n) is 10.9. The van der Waals surface area contributed by atoms with Gasteiger partial charge in [-0.05, 0) is 13.0 Å². The molecule has 100 valence electrons. The smallest absolute Gasteiger partial charge is 0.224 e. The van der Waals surface area contributed by atoms with Crippen molar-refractivity contribution < 1.29 is 9.47 Å². The molecule has 1 atom stereocenters. The summed E-state index contributed by atoms with van der Waals surface area (Å²) in [7, 11) is 1.72. The van der Waals surface area contributed by atoms with E-state index in [9.17, 15) is 0 Å². The van der Waals surface area contributed by atoms with Crippen molar-refractivity contribution in [2.24, 2.45) is 0 Å². The second-order valence-electron chi connectivity index (χ2n) is 4.34. The molecule has 1 aliphatic rings. The van der Waals surface area contributed by atoms with Crippen LogP contribution in [0.2, 0.25) is 0 Å². The van der Waals surface area contributed by atoms with Crippen LogP contribution in [0.4, 0.5) is 11.8 Å². The summed E-state index contributed by atoms with van der Waals surface area (Å²) in [5.41, 5.74) is -0.233. The first-order valence-electron chi connectivity index (χ1n) is 6.22. The lowest BCUT2D eigenvalue weighted by Gasteiger charge is -2.26. The third-order valence-electron chi connectivity index (χ3n) is 3.08. The minimum absolute atomic E-state index is 0.233. The van der Waals surface area contributed by atoms with Gasteiger partial charge in [-0.1, -0.05) is 0 Å². The minimum atomic E-state index is -0.233. The Morgan fingerprint density at radius 1 is 1.50 bits per heavy atom. The molecule has 6 nitrogen and oxygen atoms in total. The van der Waals surface area contributed by atoms with Crippen LogP contribution in [0.5, 0.6) is 0 Å². The largest absolute Gasteiger partial charge is 0.378 e. The van der Waals surface area contributed by atoms with E-state index in [1.54, 1.807) is 13.3 Å². The predicted molar refractivity (Wildman–Crippen MR) is 69.9 cm³/mol. The molecule has 2 rings (SSSR count). The number of anilines is 2. The van der Waals surface area contributed by atoms with E-state index in [1.165, 1.54) is 0 Å². The molecule has 6 heteroatoms. The summed E-state index contributed by atoms with van der Waals surface area (Å²) in [4.78, 5) is 8.49. The molecule has 0 amide bonds. The molecule has 1 aliphatic heterocycles. The highest BCUT2D eigenvalue weighted by Gasteiger charge is 2.34. The summed E-state index contributed by atoms with van der Waals surface area (Å²) in [6.45, 7) is 4.88. The SMILES string of the molecule is CCNc1nccc(NCC2(OC)CCOC2)n1. The lowest BCUT2D eigenvalue weighted by atomic mass is 10.0. The van der Waals surface area contributed by atoms with Gasteiger partial charge in [0, 0.05) is 39.4 Å². The van der Waals surface area contributed by atoms with Crippen LogP contribution in [0.3, 0.4) is 0 Å². The summed E-state index contributed by atoms with van der Waals surface area (Å²) in [5, 5.41) is 6.36. The molecule has 0 aromatic carbocycles. The number of nitrogens with zero attached hydrogens (tertiary/aromatic N) is 2. The number of hydrogen-bond acceptors (Lipinski definition) is 6. The molecule has 18 heavy (non-hydrogen) atoms. The quantitative estimate of drug-likeness (QED) is 0.791. The second-order valence-corrected chi connectivity index (χ2v) is 4.34. The highest BCUT2D eigenvalue weighted by Crippen LogP contribution is 2.22. The van der Waals surface area contributed by atoms with Gasteiger partial charge in [0.05, 0.1) is 6.61 Å². The fourth-order valence-corrected chi connectivity index (χ4v) is 1.91. The van der Waals surface area contributed by atoms with E-state index in [4.69, 9.17) is 9.47 Å². The standard InChI is InChI=1S/C12H20N4O2/c1-3-13-11-14-6-4-10(16-11)15-8-12(17-2)5-7-18-9-12/h4,6H,3,5,7-9H2,1-2H3,(H2,13,14,15,16). The third-order valence-corrected chi connectivity index (χ3v) is 3.08. The van der Waals surface area contributed by atoms with Gasteiger partial charge in [-0.15, -0.1) is 0 Å². The number of methoxy groups -OCH3 is 1. The maximum absolute atomic E-state index is 5.55. The van der Waals surface area contributed by atoms with E-state index in [2.05, 4.69) is 20.6 Å². The monoisotopic (exact) mass is 252 g/mol. The van der Waals surface area contributed by atoms with E-state index in [-0.39, 0.29) is 5.60 Å². The molecule has 1 fully saturated rings. The molecule has 1 unspecified atom stereocenters. The Morgan fingerprint density at radius 2 is 2.39 bits per heavy atom. The third kappa shape index (κ3) is 3.08. The van der Waals surface area contributed by atoms with E-state index >= 15 is 0 Å². The van der Waals surface area contributed by atoms with Crippen LogP contribution in [-0.4, -0.2) is 49.0 Å². The summed E-state index contributed by atoms with van der Waals surface area (Å²) < 4.78 is 10.9. The molecular weight excluding hydrogens is 232 g/mol. The van der Waals surface area contributed by atoms with Gasteiger partial charge in [0.2, 0.25) is 5.95 Å². The van der Waals surface area contributed by atoms with Gasteiger partial charge < -0.3 is 20.1 Å². The van der Waals surface area contributed by atoms with Crippen LogP contribution in [0.15, 0.2) is 12.3 Å². The molecule has 0 radical (unpaired) electrons. The summed E-state index contributed by atoms with van der Waals surface area (Å²) in [6.07, 6.45) is 2.64. The van der Waals surface area contributed by atoms with Gasteiger partial charge in [-0.2, -0.15) is 4.98 Å². The van der Waals surface area contributed by atoms with Crippen molar-refractivity contribution in [3.8, 4) is 0 Å². The topological polar surface area (TPSA) is 68.3 Å². The second kappa shape index (κ2) is 5.97. The Balaban J connectivity index is 1.94. The van der Waals surface area contributed by atoms with Crippen LogP contribution in [0.1, 0.15) is 13.3 Å². The molecule has 0 aliphatic carbocycles. The van der Waals surface area contributed by atoms with Gasteiger partial charge in [-0.3, -0.25) is 0 Å².